The van der Waals surface area contributed by atoms with Crippen molar-refractivity contribution in [2.45, 2.75) is 38.8 Å². The lowest BCUT2D eigenvalue weighted by atomic mass is 10.0. The molecule has 6 heteroatoms. The molecule has 1 atom stereocenters. The predicted molar refractivity (Wildman–Crippen MR) is 121 cm³/mol. The topological polar surface area (TPSA) is 48.9 Å². The van der Waals surface area contributed by atoms with Crippen LogP contribution in [-0.2, 0) is 0 Å². The third-order valence-electron chi connectivity index (χ3n) is 4.77. The average Bonchev–Trinajstić information content (AvgIpc) is 3.17. The van der Waals surface area contributed by atoms with Gasteiger partial charge in [0.2, 0.25) is 0 Å². The molecule has 0 heterocycles. The van der Waals surface area contributed by atoms with Crippen molar-refractivity contribution in [3.63, 3.8) is 0 Å². The highest BCUT2D eigenvalue weighted by atomic mass is 127. The van der Waals surface area contributed by atoms with Crippen LogP contribution in [0.1, 0.15) is 38.3 Å². The van der Waals surface area contributed by atoms with Crippen LogP contribution >= 0.6 is 24.0 Å². The first-order chi connectivity index (χ1) is 12.2. The van der Waals surface area contributed by atoms with Gasteiger partial charge >= 0.3 is 0 Å². The minimum absolute atomic E-state index is 0. The van der Waals surface area contributed by atoms with Gasteiger partial charge in [0.1, 0.15) is 5.75 Å². The van der Waals surface area contributed by atoms with E-state index in [9.17, 15) is 0 Å². The first-order valence-electron chi connectivity index (χ1n) is 9.21. The van der Waals surface area contributed by atoms with Crippen LogP contribution in [0.4, 0.5) is 0 Å². The molecule has 0 saturated heterocycles. The van der Waals surface area contributed by atoms with Crippen LogP contribution < -0.4 is 15.4 Å². The molecule has 2 N–H and O–H groups in total. The number of rotatable bonds is 8. The van der Waals surface area contributed by atoms with Gasteiger partial charge in [-0.1, -0.05) is 38.1 Å². The molecule has 5 nitrogen and oxygen atoms in total. The van der Waals surface area contributed by atoms with Gasteiger partial charge in [-0.3, -0.25) is 9.89 Å². The summed E-state index contributed by atoms with van der Waals surface area (Å²) in [7, 11) is 3.54. The van der Waals surface area contributed by atoms with Crippen molar-refractivity contribution in [3.05, 3.63) is 42.0 Å². The number of nitrogens with zero attached hydrogens (tertiary/aromatic N) is 2. The molecule has 26 heavy (non-hydrogen) atoms. The highest BCUT2D eigenvalue weighted by molar-refractivity contribution is 14.0. The molecule has 1 aromatic rings. The lowest BCUT2D eigenvalue weighted by Crippen LogP contribution is -2.46. The first kappa shape index (κ1) is 22.8. The number of guanidine groups is 1. The summed E-state index contributed by atoms with van der Waals surface area (Å²) in [6, 6.07) is 9.07. The summed E-state index contributed by atoms with van der Waals surface area (Å²) >= 11 is 0. The highest BCUT2D eigenvalue weighted by Gasteiger charge is 2.20. The van der Waals surface area contributed by atoms with Crippen molar-refractivity contribution in [2.24, 2.45) is 4.99 Å². The Morgan fingerprint density at radius 2 is 1.96 bits per heavy atom. The van der Waals surface area contributed by atoms with Gasteiger partial charge in [-0.2, -0.15) is 0 Å². The largest absolute Gasteiger partial charge is 0.497 e. The molecule has 0 spiro atoms. The van der Waals surface area contributed by atoms with E-state index in [0.29, 0.717) is 6.04 Å². The van der Waals surface area contributed by atoms with E-state index in [0.717, 1.165) is 44.2 Å². The maximum absolute atomic E-state index is 5.41. The van der Waals surface area contributed by atoms with Crippen molar-refractivity contribution < 1.29 is 4.74 Å². The molecule has 0 saturated carbocycles. The van der Waals surface area contributed by atoms with Gasteiger partial charge in [-0.15, -0.1) is 24.0 Å². The number of hydrogen-bond acceptors (Lipinski definition) is 3. The maximum atomic E-state index is 5.41. The van der Waals surface area contributed by atoms with E-state index < -0.39 is 0 Å². The summed E-state index contributed by atoms with van der Waals surface area (Å²) in [6.45, 7) is 7.20. The van der Waals surface area contributed by atoms with Crippen molar-refractivity contribution in [1.29, 1.82) is 0 Å². The van der Waals surface area contributed by atoms with Crippen LogP contribution in [0.3, 0.4) is 0 Å². The quantitative estimate of drug-likeness (QED) is 0.263. The molecule has 1 aliphatic carbocycles. The van der Waals surface area contributed by atoms with Gasteiger partial charge in [0.05, 0.1) is 13.2 Å². The highest BCUT2D eigenvalue weighted by Crippen LogP contribution is 2.23. The summed E-state index contributed by atoms with van der Waals surface area (Å²) in [5.74, 6) is 1.77. The van der Waals surface area contributed by atoms with E-state index >= 15 is 0 Å². The lowest BCUT2D eigenvalue weighted by Gasteiger charge is -2.31. The van der Waals surface area contributed by atoms with E-state index in [1.165, 1.54) is 5.56 Å². The van der Waals surface area contributed by atoms with Gasteiger partial charge < -0.3 is 15.4 Å². The molecule has 0 aliphatic heterocycles. The Hall–Kier alpha value is -1.28. The zero-order valence-electron chi connectivity index (χ0n) is 16.4. The molecule has 0 radical (unpaired) electrons. The Bertz CT molecular complexity index is 579. The minimum Gasteiger partial charge on any atom is -0.497 e. The van der Waals surface area contributed by atoms with Crippen molar-refractivity contribution in [1.82, 2.24) is 15.5 Å². The molecule has 0 amide bonds. The summed E-state index contributed by atoms with van der Waals surface area (Å²) in [4.78, 5) is 6.84. The second-order valence-electron chi connectivity index (χ2n) is 6.25. The fraction of sp³-hybridized carbons (Fsp3) is 0.550. The summed E-state index contributed by atoms with van der Waals surface area (Å²) in [6.07, 6.45) is 6.58. The van der Waals surface area contributed by atoms with Crippen molar-refractivity contribution in [2.75, 3.05) is 33.8 Å². The maximum Gasteiger partial charge on any atom is 0.191 e. The Balaban J connectivity index is 0.00000338. The van der Waals surface area contributed by atoms with Crippen LogP contribution in [0.25, 0.3) is 0 Å². The van der Waals surface area contributed by atoms with Crippen LogP contribution in [0.2, 0.25) is 0 Å². The van der Waals surface area contributed by atoms with Crippen LogP contribution in [0.5, 0.6) is 5.75 Å². The van der Waals surface area contributed by atoms with Crippen LogP contribution in [0, 0.1) is 0 Å². The Labute approximate surface area is 175 Å². The molecule has 1 aromatic carbocycles. The Kier molecular flexibility index (Phi) is 10.7. The Morgan fingerprint density at radius 3 is 2.54 bits per heavy atom. The summed E-state index contributed by atoms with van der Waals surface area (Å²) < 4.78 is 5.41. The molecule has 0 aromatic heterocycles. The smallest absolute Gasteiger partial charge is 0.191 e. The predicted octanol–water partition coefficient (Wildman–Crippen LogP) is 3.58. The van der Waals surface area contributed by atoms with Gasteiger partial charge in [-0.25, -0.2) is 0 Å². The normalized spacial score (nSPS) is 15.7. The number of halogens is 1. The SMILES string of the molecule is CCN(CC)C(CNC(=NC)NC1CC=CC1)c1cccc(OC)c1.I. The third-order valence-corrected chi connectivity index (χ3v) is 4.77. The second kappa shape index (κ2) is 12.2. The number of methoxy groups -OCH3 is 1. The van der Waals surface area contributed by atoms with E-state index in [4.69, 9.17) is 4.74 Å². The monoisotopic (exact) mass is 472 g/mol. The van der Waals surface area contributed by atoms with E-state index in [1.54, 1.807) is 7.11 Å². The van der Waals surface area contributed by atoms with Crippen LogP contribution in [0.15, 0.2) is 41.4 Å². The van der Waals surface area contributed by atoms with E-state index in [1.807, 2.05) is 13.1 Å². The molecule has 0 bridgehead atoms. The number of ether oxygens (including phenoxy) is 1. The van der Waals surface area contributed by atoms with Crippen molar-refractivity contribution >= 4 is 29.9 Å². The number of hydrogen-bond donors (Lipinski definition) is 2. The molecule has 0 fully saturated rings. The molecule has 146 valence electrons. The third kappa shape index (κ3) is 6.46. The summed E-state index contributed by atoms with van der Waals surface area (Å²) in [5, 5.41) is 7.01. The summed E-state index contributed by atoms with van der Waals surface area (Å²) in [5.41, 5.74) is 1.26. The number of nitrogens with one attached hydrogen (secondary N) is 2. The fourth-order valence-corrected chi connectivity index (χ4v) is 3.29. The molecule has 1 aliphatic rings. The van der Waals surface area contributed by atoms with Gasteiger partial charge in [0.25, 0.3) is 0 Å². The standard InChI is InChI=1S/C20H32N4O.HI/c1-5-24(6-2)19(16-10-9-13-18(14-16)25-4)15-22-20(21-3)23-17-11-7-8-12-17;/h7-10,13-14,17,19H,5-6,11-12,15H2,1-4H3,(H2,21,22,23);1H. The fourth-order valence-electron chi connectivity index (χ4n) is 3.29. The zero-order valence-corrected chi connectivity index (χ0v) is 18.7. The molecular formula is C20H33IN4O. The lowest BCUT2D eigenvalue weighted by molar-refractivity contribution is 0.218. The van der Waals surface area contributed by atoms with Crippen molar-refractivity contribution in [3.8, 4) is 5.75 Å². The van der Waals surface area contributed by atoms with Gasteiger partial charge in [0.15, 0.2) is 5.96 Å². The van der Waals surface area contributed by atoms with E-state index in [2.05, 4.69) is 64.7 Å². The average molecular weight is 472 g/mol. The Morgan fingerprint density at radius 1 is 1.27 bits per heavy atom. The first-order valence-corrected chi connectivity index (χ1v) is 9.21. The number of benzene rings is 1. The molecule has 2 rings (SSSR count). The minimum atomic E-state index is 0. The number of aliphatic imine (C=N–C) groups is 1. The van der Waals surface area contributed by atoms with E-state index in [-0.39, 0.29) is 30.0 Å². The number of likely N-dealkylation sites (N-methyl/N-ethyl adjacent to an activating group) is 1. The van der Waals surface area contributed by atoms with Crippen LogP contribution in [-0.4, -0.2) is 50.7 Å². The molecular weight excluding hydrogens is 439 g/mol. The second-order valence-corrected chi connectivity index (χ2v) is 6.25. The molecule has 1 unspecified atom stereocenters. The van der Waals surface area contributed by atoms with Gasteiger partial charge in [0, 0.05) is 19.6 Å². The zero-order chi connectivity index (χ0) is 18.1. The van der Waals surface area contributed by atoms with Gasteiger partial charge in [-0.05, 0) is 43.6 Å².